The Balaban J connectivity index is 2.35. The Bertz CT molecular complexity index is 391. The van der Waals surface area contributed by atoms with Crippen molar-refractivity contribution in [2.45, 2.75) is 26.7 Å². The van der Waals surface area contributed by atoms with Crippen LogP contribution in [0, 0.1) is 10.8 Å². The van der Waals surface area contributed by atoms with Crippen LogP contribution in [0.3, 0.4) is 0 Å². The summed E-state index contributed by atoms with van der Waals surface area (Å²) in [6, 6.07) is 7.41. The molecule has 0 spiro atoms. The minimum atomic E-state index is -0.260. The number of rotatable bonds is 6. The number of nitrogens with one attached hydrogen (secondary N) is 1. The lowest BCUT2D eigenvalue weighted by Crippen LogP contribution is -2.31. The molecule has 0 aliphatic heterocycles. The highest BCUT2D eigenvalue weighted by atomic mass is 35.5. The van der Waals surface area contributed by atoms with Crippen LogP contribution < -0.4 is 10.5 Å². The molecule has 0 heterocycles. The fraction of sp³-hybridized carbons (Fsp3) is 0.462. The molecule has 0 atom stereocenters. The lowest BCUT2D eigenvalue weighted by Gasteiger charge is -2.22. The number of benzene rings is 1. The van der Waals surface area contributed by atoms with Gasteiger partial charge < -0.3 is 10.5 Å². The molecule has 0 saturated carbocycles. The first kappa shape index (κ1) is 13.8. The smallest absolute Gasteiger partial charge is 0.137 e. The summed E-state index contributed by atoms with van der Waals surface area (Å²) in [4.78, 5) is 0. The molecule has 0 saturated heterocycles. The van der Waals surface area contributed by atoms with Crippen molar-refractivity contribution in [3.63, 3.8) is 0 Å². The molecule has 3 nitrogen and oxygen atoms in total. The highest BCUT2D eigenvalue weighted by Crippen LogP contribution is 2.25. The molecule has 1 aromatic rings. The average Bonchev–Trinajstić information content (AvgIpc) is 2.26. The molecule has 1 rings (SSSR count). The van der Waals surface area contributed by atoms with Gasteiger partial charge in [-0.2, -0.15) is 0 Å². The van der Waals surface area contributed by atoms with E-state index < -0.39 is 0 Å². The van der Waals surface area contributed by atoms with E-state index in [4.69, 9.17) is 27.5 Å². The van der Waals surface area contributed by atoms with Gasteiger partial charge in [0, 0.05) is 5.41 Å². The van der Waals surface area contributed by atoms with Crippen molar-refractivity contribution in [1.82, 2.24) is 0 Å². The molecule has 4 heteroatoms. The van der Waals surface area contributed by atoms with Gasteiger partial charge in [0.15, 0.2) is 0 Å². The van der Waals surface area contributed by atoms with Crippen LogP contribution in [0.1, 0.15) is 26.7 Å². The third kappa shape index (κ3) is 4.27. The first-order valence-electron chi connectivity index (χ1n) is 5.65. The van der Waals surface area contributed by atoms with Crippen LogP contribution in [-0.4, -0.2) is 12.4 Å². The van der Waals surface area contributed by atoms with Gasteiger partial charge in [-0.15, -0.1) is 0 Å². The molecule has 1 aromatic carbocycles. The van der Waals surface area contributed by atoms with E-state index in [1.165, 1.54) is 0 Å². The maximum Gasteiger partial charge on any atom is 0.137 e. The summed E-state index contributed by atoms with van der Waals surface area (Å²) in [6.07, 6.45) is 1.67. The molecule has 0 bridgehead atoms. The highest BCUT2D eigenvalue weighted by Gasteiger charge is 2.20. The second kappa shape index (κ2) is 5.92. The Morgan fingerprint density at radius 3 is 2.65 bits per heavy atom. The molecular formula is C13H19ClN2O. The Hall–Kier alpha value is -1.22. The summed E-state index contributed by atoms with van der Waals surface area (Å²) >= 11 is 5.96. The van der Waals surface area contributed by atoms with Crippen molar-refractivity contribution in [3.05, 3.63) is 29.3 Å². The normalized spacial score (nSPS) is 11.2. The number of amidine groups is 1. The maximum absolute atomic E-state index is 7.45. The Morgan fingerprint density at radius 2 is 2.06 bits per heavy atom. The average molecular weight is 255 g/mol. The second-order valence-corrected chi connectivity index (χ2v) is 5.09. The van der Waals surface area contributed by atoms with Crippen LogP contribution in [0.25, 0.3) is 0 Å². The summed E-state index contributed by atoms with van der Waals surface area (Å²) in [7, 11) is 0. The van der Waals surface area contributed by atoms with Gasteiger partial charge >= 0.3 is 0 Å². The van der Waals surface area contributed by atoms with Crippen molar-refractivity contribution in [2.75, 3.05) is 6.61 Å². The van der Waals surface area contributed by atoms with Crippen LogP contribution >= 0.6 is 11.6 Å². The molecule has 0 amide bonds. The lowest BCUT2D eigenvalue weighted by molar-refractivity contribution is 0.287. The van der Waals surface area contributed by atoms with Gasteiger partial charge in [-0.1, -0.05) is 37.6 Å². The van der Waals surface area contributed by atoms with Gasteiger partial charge in [0.25, 0.3) is 0 Å². The largest absolute Gasteiger partial charge is 0.492 e. The van der Waals surface area contributed by atoms with Crippen LogP contribution in [0.4, 0.5) is 0 Å². The molecule has 3 N–H and O–H groups in total. The van der Waals surface area contributed by atoms with Crippen molar-refractivity contribution >= 4 is 17.4 Å². The van der Waals surface area contributed by atoms with E-state index in [1.807, 2.05) is 32.0 Å². The number of ether oxygens (including phenoxy) is 1. The van der Waals surface area contributed by atoms with Crippen LogP contribution in [0.5, 0.6) is 5.75 Å². The first-order valence-corrected chi connectivity index (χ1v) is 6.03. The quantitative estimate of drug-likeness (QED) is 0.464. The maximum atomic E-state index is 7.45. The van der Waals surface area contributed by atoms with Gasteiger partial charge in [-0.05, 0) is 25.0 Å². The Kier molecular flexibility index (Phi) is 4.82. The predicted octanol–water partition coefficient (Wildman–Crippen LogP) is 3.46. The van der Waals surface area contributed by atoms with Gasteiger partial charge in [0.1, 0.15) is 5.75 Å². The van der Waals surface area contributed by atoms with Crippen LogP contribution in [0.15, 0.2) is 24.3 Å². The molecule has 0 aromatic heterocycles. The summed E-state index contributed by atoms with van der Waals surface area (Å²) < 4.78 is 5.57. The van der Waals surface area contributed by atoms with Crippen molar-refractivity contribution in [2.24, 2.45) is 11.1 Å². The highest BCUT2D eigenvalue weighted by molar-refractivity contribution is 6.32. The number of para-hydroxylation sites is 1. The lowest BCUT2D eigenvalue weighted by atomic mass is 9.87. The molecular weight excluding hydrogens is 236 g/mol. The molecule has 0 aliphatic rings. The van der Waals surface area contributed by atoms with E-state index in [0.717, 1.165) is 12.8 Å². The van der Waals surface area contributed by atoms with E-state index in [2.05, 4.69) is 0 Å². The zero-order chi connectivity index (χ0) is 12.9. The topological polar surface area (TPSA) is 59.1 Å². The molecule has 0 radical (unpaired) electrons. The summed E-state index contributed by atoms with van der Waals surface area (Å²) in [5, 5.41) is 8.07. The fourth-order valence-electron chi connectivity index (χ4n) is 1.39. The second-order valence-electron chi connectivity index (χ2n) is 4.68. The SMILES string of the molecule is CC(C)(CCCOc1ccccc1Cl)C(=N)N. The fourth-order valence-corrected chi connectivity index (χ4v) is 1.58. The van der Waals surface area contributed by atoms with Crippen molar-refractivity contribution < 1.29 is 4.74 Å². The minimum absolute atomic E-state index is 0.218. The van der Waals surface area contributed by atoms with Crippen LogP contribution in [0.2, 0.25) is 5.02 Å². The summed E-state index contributed by atoms with van der Waals surface area (Å²) in [5.41, 5.74) is 5.25. The van der Waals surface area contributed by atoms with E-state index >= 15 is 0 Å². The number of nitrogens with two attached hydrogens (primary N) is 1. The summed E-state index contributed by atoms with van der Waals surface area (Å²) in [5.74, 6) is 0.921. The Morgan fingerprint density at radius 1 is 1.41 bits per heavy atom. The van der Waals surface area contributed by atoms with Crippen LogP contribution in [-0.2, 0) is 0 Å². The molecule has 0 aliphatic carbocycles. The van der Waals surface area contributed by atoms with Crippen molar-refractivity contribution in [1.29, 1.82) is 5.41 Å². The number of hydrogen-bond donors (Lipinski definition) is 2. The van der Waals surface area contributed by atoms with Crippen molar-refractivity contribution in [3.8, 4) is 5.75 Å². The van der Waals surface area contributed by atoms with E-state index in [9.17, 15) is 0 Å². The predicted molar refractivity (Wildman–Crippen MR) is 71.9 cm³/mol. The van der Waals surface area contributed by atoms with E-state index in [0.29, 0.717) is 17.4 Å². The number of hydrogen-bond acceptors (Lipinski definition) is 2. The summed E-state index contributed by atoms with van der Waals surface area (Å²) in [6.45, 7) is 4.51. The third-order valence-corrected chi connectivity index (χ3v) is 3.08. The zero-order valence-electron chi connectivity index (χ0n) is 10.3. The minimum Gasteiger partial charge on any atom is -0.492 e. The standard InChI is InChI=1S/C13H19ClN2O/c1-13(2,12(15)16)8-5-9-17-11-7-4-3-6-10(11)14/h3-4,6-7H,5,8-9H2,1-2H3,(H3,15,16). The monoisotopic (exact) mass is 254 g/mol. The third-order valence-electron chi connectivity index (χ3n) is 2.77. The Labute approximate surface area is 107 Å². The van der Waals surface area contributed by atoms with Gasteiger partial charge in [-0.3, -0.25) is 5.41 Å². The first-order chi connectivity index (χ1) is 7.93. The zero-order valence-corrected chi connectivity index (χ0v) is 11.1. The van der Waals surface area contributed by atoms with E-state index in [1.54, 1.807) is 6.07 Å². The van der Waals surface area contributed by atoms with Gasteiger partial charge in [-0.25, -0.2) is 0 Å². The molecule has 0 unspecified atom stereocenters. The molecule has 94 valence electrons. The molecule has 0 fully saturated rings. The van der Waals surface area contributed by atoms with Gasteiger partial charge in [0.05, 0.1) is 17.5 Å². The van der Waals surface area contributed by atoms with Gasteiger partial charge in [0.2, 0.25) is 0 Å². The number of halogens is 1. The van der Waals surface area contributed by atoms with E-state index in [-0.39, 0.29) is 11.3 Å². The molecule has 17 heavy (non-hydrogen) atoms.